The molecule has 0 unspecified atom stereocenters. The Bertz CT molecular complexity index is 1400. The van der Waals surface area contributed by atoms with E-state index in [2.05, 4.69) is 32.7 Å². The van der Waals surface area contributed by atoms with Crippen molar-refractivity contribution in [3.8, 4) is 23.0 Å². The number of nitrogens with zero attached hydrogens (tertiary/aromatic N) is 4. The summed E-state index contributed by atoms with van der Waals surface area (Å²) in [6, 6.07) is 25.9. The monoisotopic (exact) mass is 451 g/mol. The summed E-state index contributed by atoms with van der Waals surface area (Å²) in [6.07, 6.45) is 1.81. The lowest BCUT2D eigenvalue weighted by Crippen LogP contribution is -2.29. The van der Waals surface area contributed by atoms with Gasteiger partial charge in [-0.2, -0.15) is 10.1 Å². The molecule has 0 aliphatic rings. The van der Waals surface area contributed by atoms with Crippen LogP contribution in [0.2, 0.25) is 0 Å². The predicted molar refractivity (Wildman–Crippen MR) is 131 cm³/mol. The fourth-order valence-electron chi connectivity index (χ4n) is 3.90. The number of carbonyl (C=O) groups is 1. The van der Waals surface area contributed by atoms with Crippen LogP contribution in [0.5, 0.6) is 0 Å². The predicted octanol–water partition coefficient (Wildman–Crippen LogP) is 4.81. The third-order valence-electron chi connectivity index (χ3n) is 5.70. The fourth-order valence-corrected chi connectivity index (χ4v) is 3.90. The zero-order valence-corrected chi connectivity index (χ0v) is 18.9. The molecule has 34 heavy (non-hydrogen) atoms. The van der Waals surface area contributed by atoms with Crippen LogP contribution >= 0.6 is 0 Å². The standard InChI is InChI=1S/C27H25N5O2/c1-19-13-15-21(16-14-19)26-29-27(34-31-26)25-22-11-5-6-12-23(22)32(30-25)18-24(33)28-17-7-10-20-8-3-2-4-9-20/h2-6,8-9,11-16H,7,10,17-18H2,1H3,(H,28,33). The molecule has 0 atom stereocenters. The van der Waals surface area contributed by atoms with Crippen molar-refractivity contribution in [3.63, 3.8) is 0 Å². The third kappa shape index (κ3) is 4.73. The summed E-state index contributed by atoms with van der Waals surface area (Å²) in [5.74, 6) is 0.748. The molecule has 2 heterocycles. The molecule has 1 amide bonds. The second kappa shape index (κ2) is 9.70. The molecule has 0 aliphatic carbocycles. The van der Waals surface area contributed by atoms with Gasteiger partial charge < -0.3 is 9.84 Å². The fraction of sp³-hybridized carbons (Fsp3) is 0.185. The van der Waals surface area contributed by atoms with Crippen LogP contribution in [0.4, 0.5) is 0 Å². The van der Waals surface area contributed by atoms with Gasteiger partial charge in [0.25, 0.3) is 5.89 Å². The summed E-state index contributed by atoms with van der Waals surface area (Å²) in [4.78, 5) is 17.2. The Morgan fingerprint density at radius 3 is 2.56 bits per heavy atom. The second-order valence-electron chi connectivity index (χ2n) is 8.25. The van der Waals surface area contributed by atoms with Crippen molar-refractivity contribution in [2.75, 3.05) is 6.54 Å². The van der Waals surface area contributed by atoms with Crippen LogP contribution in [-0.4, -0.2) is 32.4 Å². The smallest absolute Gasteiger partial charge is 0.279 e. The Morgan fingerprint density at radius 1 is 0.971 bits per heavy atom. The highest BCUT2D eigenvalue weighted by Crippen LogP contribution is 2.28. The molecule has 3 aromatic carbocycles. The molecule has 7 nitrogen and oxygen atoms in total. The molecule has 0 fully saturated rings. The number of para-hydroxylation sites is 1. The number of carbonyl (C=O) groups excluding carboxylic acids is 1. The molecule has 0 bridgehead atoms. The first-order valence-corrected chi connectivity index (χ1v) is 11.3. The number of aromatic nitrogens is 4. The van der Waals surface area contributed by atoms with Gasteiger partial charge in [0, 0.05) is 17.5 Å². The van der Waals surface area contributed by atoms with Gasteiger partial charge in [0.1, 0.15) is 6.54 Å². The highest BCUT2D eigenvalue weighted by Gasteiger charge is 2.19. The minimum Gasteiger partial charge on any atom is -0.354 e. The van der Waals surface area contributed by atoms with Crippen LogP contribution < -0.4 is 5.32 Å². The average Bonchev–Trinajstić information content (AvgIpc) is 3.49. The normalized spacial score (nSPS) is 11.1. The molecule has 1 N–H and O–H groups in total. The lowest BCUT2D eigenvalue weighted by molar-refractivity contribution is -0.121. The Kier molecular flexibility index (Phi) is 6.16. The molecule has 0 saturated heterocycles. The summed E-state index contributed by atoms with van der Waals surface area (Å²) in [5, 5.41) is 12.6. The molecule has 0 spiro atoms. The van der Waals surface area contributed by atoms with Crippen LogP contribution in [-0.2, 0) is 17.8 Å². The van der Waals surface area contributed by atoms with Crippen molar-refractivity contribution in [1.29, 1.82) is 0 Å². The van der Waals surface area contributed by atoms with E-state index in [1.807, 2.05) is 73.7 Å². The number of nitrogens with one attached hydrogen (secondary N) is 1. The summed E-state index contributed by atoms with van der Waals surface area (Å²) >= 11 is 0. The maximum absolute atomic E-state index is 12.6. The molecule has 5 aromatic rings. The van der Waals surface area contributed by atoms with E-state index in [1.165, 1.54) is 5.56 Å². The maximum atomic E-state index is 12.6. The van der Waals surface area contributed by atoms with E-state index in [4.69, 9.17) is 4.52 Å². The Balaban J connectivity index is 1.30. The van der Waals surface area contributed by atoms with Crippen molar-refractivity contribution < 1.29 is 9.32 Å². The molecule has 170 valence electrons. The number of rotatable bonds is 8. The van der Waals surface area contributed by atoms with E-state index in [0.29, 0.717) is 24.0 Å². The number of fused-ring (bicyclic) bond motifs is 1. The van der Waals surface area contributed by atoms with Gasteiger partial charge in [-0.1, -0.05) is 83.5 Å². The highest BCUT2D eigenvalue weighted by atomic mass is 16.5. The molecule has 0 radical (unpaired) electrons. The first kappa shape index (κ1) is 21.6. The molecule has 5 rings (SSSR count). The van der Waals surface area contributed by atoms with Gasteiger partial charge in [0.15, 0.2) is 5.69 Å². The van der Waals surface area contributed by atoms with Crippen molar-refractivity contribution in [2.45, 2.75) is 26.3 Å². The number of benzene rings is 3. The Labute approximate surface area is 197 Å². The zero-order chi connectivity index (χ0) is 23.3. The van der Waals surface area contributed by atoms with E-state index in [9.17, 15) is 4.79 Å². The zero-order valence-electron chi connectivity index (χ0n) is 18.9. The topological polar surface area (TPSA) is 85.8 Å². The summed E-state index contributed by atoms with van der Waals surface area (Å²) in [7, 11) is 0. The van der Waals surface area contributed by atoms with Crippen molar-refractivity contribution in [3.05, 3.63) is 90.0 Å². The van der Waals surface area contributed by atoms with E-state index in [0.717, 1.165) is 34.9 Å². The van der Waals surface area contributed by atoms with Gasteiger partial charge in [-0.15, -0.1) is 0 Å². The van der Waals surface area contributed by atoms with E-state index < -0.39 is 0 Å². The molecular weight excluding hydrogens is 426 g/mol. The number of amides is 1. The highest BCUT2D eigenvalue weighted by molar-refractivity contribution is 5.92. The van der Waals surface area contributed by atoms with Crippen LogP contribution in [0, 0.1) is 6.92 Å². The summed E-state index contributed by atoms with van der Waals surface area (Å²) in [6.45, 7) is 2.76. The average molecular weight is 452 g/mol. The molecule has 0 saturated carbocycles. The molecule has 2 aromatic heterocycles. The van der Waals surface area contributed by atoms with Crippen molar-refractivity contribution in [1.82, 2.24) is 25.2 Å². The van der Waals surface area contributed by atoms with E-state index in [-0.39, 0.29) is 12.5 Å². The third-order valence-corrected chi connectivity index (χ3v) is 5.70. The minimum absolute atomic E-state index is 0.0845. The molecular formula is C27H25N5O2. The lowest BCUT2D eigenvalue weighted by Gasteiger charge is -2.06. The molecule has 7 heteroatoms. The van der Waals surface area contributed by atoms with Gasteiger partial charge in [0.05, 0.1) is 5.52 Å². The molecule has 0 aliphatic heterocycles. The second-order valence-corrected chi connectivity index (χ2v) is 8.25. The van der Waals surface area contributed by atoms with Crippen LogP contribution in [0.3, 0.4) is 0 Å². The van der Waals surface area contributed by atoms with Crippen LogP contribution in [0.1, 0.15) is 17.5 Å². The minimum atomic E-state index is -0.0845. The van der Waals surface area contributed by atoms with Crippen LogP contribution in [0.15, 0.2) is 83.4 Å². The number of hydrogen-bond donors (Lipinski definition) is 1. The number of aryl methyl sites for hydroxylation is 2. The van der Waals surface area contributed by atoms with Gasteiger partial charge in [0.2, 0.25) is 11.7 Å². The summed E-state index contributed by atoms with van der Waals surface area (Å²) < 4.78 is 7.23. The Morgan fingerprint density at radius 2 is 1.74 bits per heavy atom. The van der Waals surface area contributed by atoms with Gasteiger partial charge in [-0.05, 0) is 31.4 Å². The van der Waals surface area contributed by atoms with Gasteiger partial charge >= 0.3 is 0 Å². The number of hydrogen-bond acceptors (Lipinski definition) is 5. The SMILES string of the molecule is Cc1ccc(-c2noc(-c3nn(CC(=O)NCCCc4ccccc4)c4ccccc34)n2)cc1. The van der Waals surface area contributed by atoms with E-state index >= 15 is 0 Å². The summed E-state index contributed by atoms with van der Waals surface area (Å²) in [5.41, 5.74) is 4.71. The maximum Gasteiger partial charge on any atom is 0.279 e. The first-order valence-electron chi connectivity index (χ1n) is 11.3. The van der Waals surface area contributed by atoms with Gasteiger partial charge in [-0.25, -0.2) is 0 Å². The lowest BCUT2D eigenvalue weighted by atomic mass is 10.1. The van der Waals surface area contributed by atoms with Crippen LogP contribution in [0.25, 0.3) is 33.9 Å². The van der Waals surface area contributed by atoms with Crippen molar-refractivity contribution >= 4 is 16.8 Å². The largest absolute Gasteiger partial charge is 0.354 e. The first-order chi connectivity index (χ1) is 16.7. The van der Waals surface area contributed by atoms with Gasteiger partial charge in [-0.3, -0.25) is 9.48 Å². The van der Waals surface area contributed by atoms with E-state index in [1.54, 1.807) is 4.68 Å². The quantitative estimate of drug-likeness (QED) is 0.342. The Hall–Kier alpha value is -4.26. The van der Waals surface area contributed by atoms with Crippen molar-refractivity contribution in [2.24, 2.45) is 0 Å².